The van der Waals surface area contributed by atoms with Gasteiger partial charge < -0.3 is 15.4 Å². The quantitative estimate of drug-likeness (QED) is 0.826. The van der Waals surface area contributed by atoms with Crippen molar-refractivity contribution in [2.75, 3.05) is 18.4 Å². The molecule has 1 rings (SSSR count). The van der Waals surface area contributed by atoms with Gasteiger partial charge in [-0.05, 0) is 39.0 Å². The molecule has 0 radical (unpaired) electrons. The van der Waals surface area contributed by atoms with Gasteiger partial charge in [-0.3, -0.25) is 0 Å². The SMILES string of the molecule is CC(C)(C)OC(=O)NCCNc1cccc(Cl)c1. The standard InChI is InChI=1S/C13H19ClN2O2/c1-13(2,3)18-12(17)16-8-7-15-11-6-4-5-10(14)9-11/h4-6,9,15H,7-8H2,1-3H3,(H,16,17). The molecule has 0 saturated carbocycles. The van der Waals surface area contributed by atoms with E-state index >= 15 is 0 Å². The average molecular weight is 271 g/mol. The highest BCUT2D eigenvalue weighted by Crippen LogP contribution is 2.14. The number of anilines is 1. The van der Waals surface area contributed by atoms with Crippen LogP contribution in [-0.2, 0) is 4.74 Å². The zero-order valence-electron chi connectivity index (χ0n) is 10.9. The smallest absolute Gasteiger partial charge is 0.407 e. The lowest BCUT2D eigenvalue weighted by Crippen LogP contribution is -2.34. The van der Waals surface area contributed by atoms with E-state index in [1.807, 2.05) is 45.0 Å². The Morgan fingerprint density at radius 1 is 1.33 bits per heavy atom. The van der Waals surface area contributed by atoms with Crippen LogP contribution in [-0.4, -0.2) is 24.8 Å². The van der Waals surface area contributed by atoms with Gasteiger partial charge in [-0.1, -0.05) is 17.7 Å². The van der Waals surface area contributed by atoms with Gasteiger partial charge in [0.15, 0.2) is 0 Å². The van der Waals surface area contributed by atoms with Gasteiger partial charge in [0, 0.05) is 23.8 Å². The van der Waals surface area contributed by atoms with Gasteiger partial charge in [-0.25, -0.2) is 4.79 Å². The maximum Gasteiger partial charge on any atom is 0.407 e. The number of ether oxygens (including phenoxy) is 1. The first-order chi connectivity index (χ1) is 8.37. The molecule has 0 aliphatic heterocycles. The molecular formula is C13H19ClN2O2. The number of nitrogens with one attached hydrogen (secondary N) is 2. The van der Waals surface area contributed by atoms with E-state index in [4.69, 9.17) is 16.3 Å². The van der Waals surface area contributed by atoms with E-state index in [0.29, 0.717) is 18.1 Å². The number of halogens is 1. The van der Waals surface area contributed by atoms with Crippen LogP contribution in [0.5, 0.6) is 0 Å². The summed E-state index contributed by atoms with van der Waals surface area (Å²) in [4.78, 5) is 11.3. The molecule has 0 saturated heterocycles. The fourth-order valence-corrected chi connectivity index (χ4v) is 1.47. The maximum atomic E-state index is 11.3. The lowest BCUT2D eigenvalue weighted by atomic mass is 10.2. The van der Waals surface area contributed by atoms with Crippen LogP contribution in [0.2, 0.25) is 5.02 Å². The van der Waals surface area contributed by atoms with Crippen molar-refractivity contribution in [2.45, 2.75) is 26.4 Å². The summed E-state index contributed by atoms with van der Waals surface area (Å²) in [7, 11) is 0. The van der Waals surface area contributed by atoms with Crippen molar-refractivity contribution < 1.29 is 9.53 Å². The second-order valence-electron chi connectivity index (χ2n) is 4.87. The lowest BCUT2D eigenvalue weighted by Gasteiger charge is -2.19. The molecule has 1 aromatic carbocycles. The van der Waals surface area contributed by atoms with Crippen molar-refractivity contribution in [3.8, 4) is 0 Å². The molecule has 1 amide bonds. The predicted molar refractivity (Wildman–Crippen MR) is 74.2 cm³/mol. The topological polar surface area (TPSA) is 50.4 Å². The molecule has 2 N–H and O–H groups in total. The van der Waals surface area contributed by atoms with Gasteiger partial charge in [0.1, 0.15) is 5.60 Å². The van der Waals surface area contributed by atoms with E-state index in [2.05, 4.69) is 10.6 Å². The Labute approximate surface area is 113 Å². The van der Waals surface area contributed by atoms with E-state index in [1.54, 1.807) is 0 Å². The minimum Gasteiger partial charge on any atom is -0.444 e. The zero-order valence-corrected chi connectivity index (χ0v) is 11.7. The van der Waals surface area contributed by atoms with E-state index in [0.717, 1.165) is 5.69 Å². The van der Waals surface area contributed by atoms with Crippen molar-refractivity contribution >= 4 is 23.4 Å². The van der Waals surface area contributed by atoms with E-state index < -0.39 is 11.7 Å². The third kappa shape index (κ3) is 6.35. The molecule has 0 fully saturated rings. The Morgan fingerprint density at radius 2 is 2.06 bits per heavy atom. The molecule has 0 unspecified atom stereocenters. The number of rotatable bonds is 4. The number of benzene rings is 1. The van der Waals surface area contributed by atoms with Gasteiger partial charge >= 0.3 is 6.09 Å². The van der Waals surface area contributed by atoms with E-state index in [9.17, 15) is 4.79 Å². The normalized spacial score (nSPS) is 10.9. The Balaban J connectivity index is 2.21. The van der Waals surface area contributed by atoms with E-state index in [-0.39, 0.29) is 0 Å². The molecule has 0 aliphatic carbocycles. The molecular weight excluding hydrogens is 252 g/mol. The number of carbonyl (C=O) groups is 1. The molecule has 5 heteroatoms. The summed E-state index contributed by atoms with van der Waals surface area (Å²) in [6.45, 7) is 6.59. The fourth-order valence-electron chi connectivity index (χ4n) is 1.28. The largest absolute Gasteiger partial charge is 0.444 e. The van der Waals surface area contributed by atoms with Crippen molar-refractivity contribution in [3.05, 3.63) is 29.3 Å². The van der Waals surface area contributed by atoms with Crippen LogP contribution in [0.4, 0.5) is 10.5 Å². The fraction of sp³-hybridized carbons (Fsp3) is 0.462. The van der Waals surface area contributed by atoms with Gasteiger partial charge in [0.25, 0.3) is 0 Å². The van der Waals surface area contributed by atoms with Crippen molar-refractivity contribution in [1.82, 2.24) is 5.32 Å². The van der Waals surface area contributed by atoms with Gasteiger partial charge in [-0.15, -0.1) is 0 Å². The third-order valence-corrected chi connectivity index (χ3v) is 2.18. The van der Waals surface area contributed by atoms with Crippen LogP contribution >= 0.6 is 11.6 Å². The monoisotopic (exact) mass is 270 g/mol. The summed E-state index contributed by atoms with van der Waals surface area (Å²) in [5.74, 6) is 0. The minimum absolute atomic E-state index is 0.407. The summed E-state index contributed by atoms with van der Waals surface area (Å²) in [6.07, 6.45) is -0.407. The molecule has 0 atom stereocenters. The Bertz CT molecular complexity index is 402. The van der Waals surface area contributed by atoms with Gasteiger partial charge in [0.05, 0.1) is 0 Å². The highest BCUT2D eigenvalue weighted by atomic mass is 35.5. The summed E-state index contributed by atoms with van der Waals surface area (Å²) in [5, 5.41) is 6.50. The van der Waals surface area contributed by atoms with Crippen LogP contribution in [0.1, 0.15) is 20.8 Å². The Hall–Kier alpha value is -1.42. The number of alkyl carbamates (subject to hydrolysis) is 1. The van der Waals surface area contributed by atoms with Crippen LogP contribution in [0.25, 0.3) is 0 Å². The average Bonchev–Trinajstić information content (AvgIpc) is 2.22. The molecule has 0 heterocycles. The van der Waals surface area contributed by atoms with Crippen molar-refractivity contribution in [3.63, 3.8) is 0 Å². The summed E-state index contributed by atoms with van der Waals surface area (Å²) in [6, 6.07) is 7.42. The highest BCUT2D eigenvalue weighted by Gasteiger charge is 2.15. The number of amides is 1. The number of hydrogen-bond acceptors (Lipinski definition) is 3. The Kier molecular flexibility index (Phi) is 5.28. The number of hydrogen-bond donors (Lipinski definition) is 2. The Morgan fingerprint density at radius 3 is 2.67 bits per heavy atom. The van der Waals surface area contributed by atoms with Crippen molar-refractivity contribution in [2.24, 2.45) is 0 Å². The summed E-state index contributed by atoms with van der Waals surface area (Å²) < 4.78 is 5.11. The first kappa shape index (κ1) is 14.6. The second-order valence-corrected chi connectivity index (χ2v) is 5.30. The molecule has 18 heavy (non-hydrogen) atoms. The summed E-state index contributed by atoms with van der Waals surface area (Å²) in [5.41, 5.74) is 0.457. The van der Waals surface area contributed by atoms with Crippen LogP contribution in [0.3, 0.4) is 0 Å². The van der Waals surface area contributed by atoms with Crippen molar-refractivity contribution in [1.29, 1.82) is 0 Å². The molecule has 1 aromatic rings. The molecule has 0 aromatic heterocycles. The highest BCUT2D eigenvalue weighted by molar-refractivity contribution is 6.30. The van der Waals surface area contributed by atoms with Crippen LogP contribution in [0, 0.1) is 0 Å². The maximum absolute atomic E-state index is 11.3. The number of carbonyl (C=O) groups excluding carboxylic acids is 1. The van der Waals surface area contributed by atoms with Crippen LogP contribution < -0.4 is 10.6 Å². The second kappa shape index (κ2) is 6.50. The molecule has 0 aliphatic rings. The van der Waals surface area contributed by atoms with Crippen LogP contribution in [0.15, 0.2) is 24.3 Å². The minimum atomic E-state index is -0.468. The first-order valence-electron chi connectivity index (χ1n) is 5.83. The molecule has 4 nitrogen and oxygen atoms in total. The third-order valence-electron chi connectivity index (χ3n) is 1.95. The van der Waals surface area contributed by atoms with E-state index in [1.165, 1.54) is 0 Å². The summed E-state index contributed by atoms with van der Waals surface area (Å²) >= 11 is 5.85. The zero-order chi connectivity index (χ0) is 13.6. The molecule has 0 spiro atoms. The van der Waals surface area contributed by atoms with Gasteiger partial charge in [0.2, 0.25) is 0 Å². The lowest BCUT2D eigenvalue weighted by molar-refractivity contribution is 0.0530. The molecule has 100 valence electrons. The molecule has 0 bridgehead atoms. The predicted octanol–water partition coefficient (Wildman–Crippen LogP) is 3.28. The first-order valence-corrected chi connectivity index (χ1v) is 6.21. The van der Waals surface area contributed by atoms with Gasteiger partial charge in [-0.2, -0.15) is 0 Å².